The van der Waals surface area contributed by atoms with Gasteiger partial charge in [-0.25, -0.2) is 0 Å². The number of hydrogen-bond acceptors (Lipinski definition) is 3. The van der Waals surface area contributed by atoms with E-state index in [4.69, 9.17) is 0 Å². The first-order valence-electron chi connectivity index (χ1n) is 7.03. The number of amides is 1. The maximum atomic E-state index is 12.4. The molecule has 3 saturated heterocycles. The minimum Gasteiger partial charge on any atom is -0.336 e. The molecule has 3 unspecified atom stereocenters. The molecule has 96 valence electrons. The Hall–Kier alpha value is -0.610. The summed E-state index contributed by atoms with van der Waals surface area (Å²) < 4.78 is 0. The van der Waals surface area contributed by atoms with Crippen LogP contribution in [0, 0.1) is 0 Å². The molecule has 1 N–H and O–H groups in total. The number of nitrogens with zero attached hydrogens (tertiary/aromatic N) is 2. The van der Waals surface area contributed by atoms with Gasteiger partial charge in [0.05, 0.1) is 6.04 Å². The predicted octanol–water partition coefficient (Wildman–Crippen LogP) is 0.433. The van der Waals surface area contributed by atoms with Crippen LogP contribution in [0.4, 0.5) is 0 Å². The van der Waals surface area contributed by atoms with Crippen LogP contribution in [0.25, 0.3) is 0 Å². The molecule has 0 spiro atoms. The second kappa shape index (κ2) is 4.58. The quantitative estimate of drug-likeness (QED) is 0.718. The Balaban J connectivity index is 1.67. The van der Waals surface area contributed by atoms with E-state index in [1.165, 1.54) is 19.4 Å². The zero-order valence-electron chi connectivity index (χ0n) is 10.7. The molecule has 0 radical (unpaired) electrons. The number of piperazine rings is 1. The molecular weight excluding hydrogens is 214 g/mol. The topological polar surface area (TPSA) is 35.6 Å². The molecule has 0 bridgehead atoms. The second-order valence-corrected chi connectivity index (χ2v) is 5.78. The molecule has 3 aliphatic heterocycles. The molecule has 0 saturated carbocycles. The molecule has 1 amide bonds. The summed E-state index contributed by atoms with van der Waals surface area (Å²) in [7, 11) is 0. The first-order valence-corrected chi connectivity index (χ1v) is 7.03. The zero-order valence-corrected chi connectivity index (χ0v) is 10.7. The third-order valence-corrected chi connectivity index (χ3v) is 4.58. The van der Waals surface area contributed by atoms with Crippen molar-refractivity contribution in [2.24, 2.45) is 0 Å². The van der Waals surface area contributed by atoms with Crippen LogP contribution < -0.4 is 5.32 Å². The zero-order chi connectivity index (χ0) is 11.8. The highest BCUT2D eigenvalue weighted by molar-refractivity contribution is 5.82. The minimum absolute atomic E-state index is 0.102. The molecule has 3 heterocycles. The fourth-order valence-electron chi connectivity index (χ4n) is 3.59. The van der Waals surface area contributed by atoms with Crippen molar-refractivity contribution >= 4 is 5.91 Å². The Bertz CT molecular complexity index is 301. The molecule has 0 aromatic carbocycles. The average Bonchev–Trinajstić information content (AvgIpc) is 2.97. The molecule has 3 atom stereocenters. The summed E-state index contributed by atoms with van der Waals surface area (Å²) in [6.07, 6.45) is 4.75. The highest BCUT2D eigenvalue weighted by Crippen LogP contribution is 2.25. The largest absolute Gasteiger partial charge is 0.336 e. The van der Waals surface area contributed by atoms with Gasteiger partial charge in [-0.05, 0) is 45.7 Å². The first kappa shape index (κ1) is 11.5. The van der Waals surface area contributed by atoms with Gasteiger partial charge in [0.1, 0.15) is 0 Å². The number of carbonyl (C=O) groups excluding carboxylic acids is 1. The number of hydrogen-bond donors (Lipinski definition) is 1. The predicted molar refractivity (Wildman–Crippen MR) is 66.8 cm³/mol. The van der Waals surface area contributed by atoms with Crippen LogP contribution in [0.5, 0.6) is 0 Å². The van der Waals surface area contributed by atoms with Crippen LogP contribution in [0.3, 0.4) is 0 Å². The molecule has 3 fully saturated rings. The van der Waals surface area contributed by atoms with Crippen LogP contribution >= 0.6 is 0 Å². The fourth-order valence-corrected chi connectivity index (χ4v) is 3.59. The van der Waals surface area contributed by atoms with Crippen molar-refractivity contribution in [3.05, 3.63) is 0 Å². The molecule has 3 aliphatic rings. The Morgan fingerprint density at radius 1 is 1.24 bits per heavy atom. The molecule has 3 rings (SSSR count). The Morgan fingerprint density at radius 2 is 2.12 bits per heavy atom. The van der Waals surface area contributed by atoms with Gasteiger partial charge in [-0.3, -0.25) is 9.69 Å². The van der Waals surface area contributed by atoms with Gasteiger partial charge in [-0.1, -0.05) is 0 Å². The van der Waals surface area contributed by atoms with Crippen LogP contribution in [0.1, 0.15) is 32.6 Å². The maximum Gasteiger partial charge on any atom is 0.240 e. The van der Waals surface area contributed by atoms with Crippen molar-refractivity contribution in [3.8, 4) is 0 Å². The highest BCUT2D eigenvalue weighted by atomic mass is 16.2. The van der Waals surface area contributed by atoms with Gasteiger partial charge in [-0.2, -0.15) is 0 Å². The van der Waals surface area contributed by atoms with E-state index in [2.05, 4.69) is 22.0 Å². The monoisotopic (exact) mass is 237 g/mol. The van der Waals surface area contributed by atoms with Crippen molar-refractivity contribution in [2.45, 2.75) is 50.7 Å². The van der Waals surface area contributed by atoms with E-state index in [0.29, 0.717) is 18.0 Å². The molecule has 17 heavy (non-hydrogen) atoms. The van der Waals surface area contributed by atoms with E-state index < -0.39 is 0 Å². The molecular formula is C13H23N3O. The number of nitrogens with one attached hydrogen (secondary N) is 1. The van der Waals surface area contributed by atoms with Gasteiger partial charge in [0.25, 0.3) is 0 Å². The molecule has 0 aliphatic carbocycles. The van der Waals surface area contributed by atoms with Gasteiger partial charge < -0.3 is 10.2 Å². The van der Waals surface area contributed by atoms with E-state index in [1.54, 1.807) is 0 Å². The Kier molecular flexibility index (Phi) is 3.09. The summed E-state index contributed by atoms with van der Waals surface area (Å²) in [4.78, 5) is 17.1. The third-order valence-electron chi connectivity index (χ3n) is 4.58. The van der Waals surface area contributed by atoms with Crippen LogP contribution in [-0.2, 0) is 4.79 Å². The van der Waals surface area contributed by atoms with Crippen molar-refractivity contribution < 1.29 is 4.79 Å². The normalized spacial score (nSPS) is 38.4. The maximum absolute atomic E-state index is 12.4. The average molecular weight is 237 g/mol. The van der Waals surface area contributed by atoms with Crippen molar-refractivity contribution in [1.82, 2.24) is 15.1 Å². The van der Waals surface area contributed by atoms with E-state index in [9.17, 15) is 4.79 Å². The standard InChI is InChI=1S/C13H23N3O/c1-10-8-15-7-3-4-11(15)9-16(10)13(17)12-5-2-6-14-12/h10-12,14H,2-9H2,1H3. The number of fused-ring (bicyclic) bond motifs is 1. The lowest BCUT2D eigenvalue weighted by Gasteiger charge is -2.43. The van der Waals surface area contributed by atoms with Crippen LogP contribution in [0.2, 0.25) is 0 Å². The molecule has 4 nitrogen and oxygen atoms in total. The summed E-state index contributed by atoms with van der Waals surface area (Å²) in [5, 5.41) is 3.33. The minimum atomic E-state index is 0.102. The van der Waals surface area contributed by atoms with Crippen molar-refractivity contribution in [3.63, 3.8) is 0 Å². The van der Waals surface area contributed by atoms with Crippen LogP contribution in [0.15, 0.2) is 0 Å². The van der Waals surface area contributed by atoms with E-state index >= 15 is 0 Å². The SMILES string of the molecule is CC1CN2CCCC2CN1C(=O)C1CCCN1. The van der Waals surface area contributed by atoms with Crippen LogP contribution in [-0.4, -0.2) is 60.0 Å². The summed E-state index contributed by atoms with van der Waals surface area (Å²) in [5.41, 5.74) is 0. The summed E-state index contributed by atoms with van der Waals surface area (Å²) >= 11 is 0. The lowest BCUT2D eigenvalue weighted by Crippen LogP contribution is -2.59. The van der Waals surface area contributed by atoms with E-state index in [-0.39, 0.29) is 6.04 Å². The molecule has 0 aromatic rings. The van der Waals surface area contributed by atoms with Gasteiger partial charge in [-0.15, -0.1) is 0 Å². The highest BCUT2D eigenvalue weighted by Gasteiger charge is 2.38. The molecule has 4 heteroatoms. The van der Waals surface area contributed by atoms with Gasteiger partial charge >= 0.3 is 0 Å². The van der Waals surface area contributed by atoms with E-state index in [1.807, 2.05) is 0 Å². The first-order chi connectivity index (χ1) is 8.25. The second-order valence-electron chi connectivity index (χ2n) is 5.78. The van der Waals surface area contributed by atoms with Gasteiger partial charge in [0.2, 0.25) is 5.91 Å². The number of rotatable bonds is 1. The van der Waals surface area contributed by atoms with Crippen molar-refractivity contribution in [1.29, 1.82) is 0 Å². The van der Waals surface area contributed by atoms with Gasteiger partial charge in [0.15, 0.2) is 0 Å². The van der Waals surface area contributed by atoms with Crippen molar-refractivity contribution in [2.75, 3.05) is 26.2 Å². The van der Waals surface area contributed by atoms with Gasteiger partial charge in [0, 0.05) is 25.2 Å². The van der Waals surface area contributed by atoms with E-state index in [0.717, 1.165) is 32.5 Å². The molecule has 0 aromatic heterocycles. The number of carbonyl (C=O) groups is 1. The summed E-state index contributed by atoms with van der Waals surface area (Å²) in [6.45, 7) is 6.47. The summed E-state index contributed by atoms with van der Waals surface area (Å²) in [5.74, 6) is 0.349. The third kappa shape index (κ3) is 2.08. The Labute approximate surface area is 103 Å². The Morgan fingerprint density at radius 3 is 2.88 bits per heavy atom. The fraction of sp³-hybridized carbons (Fsp3) is 0.923. The lowest BCUT2D eigenvalue weighted by molar-refractivity contribution is -0.138. The summed E-state index contributed by atoms with van der Waals surface area (Å²) in [6, 6.07) is 1.13. The lowest BCUT2D eigenvalue weighted by atomic mass is 10.1. The smallest absolute Gasteiger partial charge is 0.240 e.